The fraction of sp³-hybridized carbons (Fsp3) is 0.263. The number of carbonyl (C=O) groups excluding carboxylic acids is 2. The Balaban J connectivity index is 1.81. The van der Waals surface area contributed by atoms with Crippen molar-refractivity contribution in [3.63, 3.8) is 0 Å². The zero-order valence-corrected chi connectivity index (χ0v) is 16.8. The molecule has 1 N–H and O–H groups in total. The lowest BCUT2D eigenvalue weighted by molar-refractivity contribution is 0.103. The molecule has 0 unspecified atom stereocenters. The Kier molecular flexibility index (Phi) is 5.46. The minimum atomic E-state index is -0.450. The van der Waals surface area contributed by atoms with E-state index in [4.69, 9.17) is 4.74 Å². The van der Waals surface area contributed by atoms with Crippen LogP contribution in [-0.4, -0.2) is 35.2 Å². The average Bonchev–Trinajstić information content (AvgIpc) is 3.02. The molecule has 0 atom stereocenters. The van der Waals surface area contributed by atoms with Gasteiger partial charge in [0.25, 0.3) is 11.5 Å². The number of hydrogen-bond acceptors (Lipinski definition) is 6. The molecule has 3 aromatic rings. The van der Waals surface area contributed by atoms with Crippen molar-refractivity contribution in [3.05, 3.63) is 51.4 Å². The van der Waals surface area contributed by atoms with Crippen molar-refractivity contribution < 1.29 is 14.3 Å². The van der Waals surface area contributed by atoms with Crippen LogP contribution in [0.1, 0.15) is 22.2 Å². The maximum Gasteiger partial charge on any atom is 0.413 e. The van der Waals surface area contributed by atoms with E-state index in [1.165, 1.54) is 27.1 Å². The zero-order valence-electron chi connectivity index (χ0n) is 16.0. The van der Waals surface area contributed by atoms with Gasteiger partial charge in [0.2, 0.25) is 0 Å². The van der Waals surface area contributed by atoms with Gasteiger partial charge in [-0.05, 0) is 43.7 Å². The highest BCUT2D eigenvalue weighted by atomic mass is 32.1. The standard InChI is InChI=1S/C19H20N4O4S/c1-5-27-19(26)23(4)13-8-6-12(7-9-13)21-16(24)15-11(2)14-17(28-15)20-10-22(3)18(14)25/h6-10H,5H2,1-4H3,(H,21,24). The summed E-state index contributed by atoms with van der Waals surface area (Å²) in [5.74, 6) is -0.311. The SMILES string of the molecule is CCOC(=O)N(C)c1ccc(NC(=O)c2sc3ncn(C)c(=O)c3c2C)cc1. The molecular formula is C19H20N4O4S. The molecule has 0 aliphatic heterocycles. The summed E-state index contributed by atoms with van der Waals surface area (Å²) in [5, 5.41) is 3.28. The van der Waals surface area contributed by atoms with Gasteiger partial charge >= 0.3 is 6.09 Å². The van der Waals surface area contributed by atoms with Gasteiger partial charge in [0.1, 0.15) is 4.83 Å². The molecule has 3 rings (SSSR count). The lowest BCUT2D eigenvalue weighted by atomic mass is 10.2. The molecule has 0 aliphatic rings. The first-order valence-corrected chi connectivity index (χ1v) is 9.41. The van der Waals surface area contributed by atoms with Crippen LogP contribution in [0.25, 0.3) is 10.2 Å². The number of aromatic nitrogens is 2. The quantitative estimate of drug-likeness (QED) is 0.726. The van der Waals surface area contributed by atoms with E-state index in [0.29, 0.717) is 38.6 Å². The summed E-state index contributed by atoms with van der Waals surface area (Å²) in [6.07, 6.45) is 0.996. The van der Waals surface area contributed by atoms with Crippen LogP contribution in [0.4, 0.5) is 16.2 Å². The van der Waals surface area contributed by atoms with Crippen LogP contribution in [0.15, 0.2) is 35.4 Å². The number of fused-ring (bicyclic) bond motifs is 1. The molecule has 2 aromatic heterocycles. The van der Waals surface area contributed by atoms with E-state index in [1.807, 2.05) is 0 Å². The second-order valence-corrected chi connectivity index (χ2v) is 7.15. The van der Waals surface area contributed by atoms with Crippen LogP contribution in [0, 0.1) is 6.92 Å². The first-order valence-electron chi connectivity index (χ1n) is 8.60. The minimum Gasteiger partial charge on any atom is -0.449 e. The molecule has 0 fully saturated rings. The Morgan fingerprint density at radius 3 is 2.61 bits per heavy atom. The van der Waals surface area contributed by atoms with Crippen molar-refractivity contribution in [2.75, 3.05) is 23.9 Å². The number of hydrogen-bond donors (Lipinski definition) is 1. The lowest BCUT2D eigenvalue weighted by Gasteiger charge is -2.16. The van der Waals surface area contributed by atoms with Crippen molar-refractivity contribution in [1.29, 1.82) is 0 Å². The van der Waals surface area contributed by atoms with Gasteiger partial charge in [-0.1, -0.05) is 0 Å². The van der Waals surface area contributed by atoms with Crippen molar-refractivity contribution >= 4 is 44.9 Å². The van der Waals surface area contributed by atoms with E-state index in [2.05, 4.69) is 10.3 Å². The lowest BCUT2D eigenvalue weighted by Crippen LogP contribution is -2.26. The minimum absolute atomic E-state index is 0.177. The summed E-state index contributed by atoms with van der Waals surface area (Å²) in [4.78, 5) is 43.4. The third-order valence-electron chi connectivity index (χ3n) is 4.27. The van der Waals surface area contributed by atoms with Gasteiger partial charge in [0, 0.05) is 25.5 Å². The maximum absolute atomic E-state index is 12.7. The molecule has 2 amide bonds. The molecule has 2 heterocycles. The predicted octanol–water partition coefficient (Wildman–Crippen LogP) is 3.15. The smallest absolute Gasteiger partial charge is 0.413 e. The highest BCUT2D eigenvalue weighted by Crippen LogP contribution is 2.28. The summed E-state index contributed by atoms with van der Waals surface area (Å²) in [6, 6.07) is 6.81. The van der Waals surface area contributed by atoms with E-state index in [1.54, 1.807) is 52.2 Å². The van der Waals surface area contributed by atoms with E-state index in [-0.39, 0.29) is 11.5 Å². The number of amides is 2. The van der Waals surface area contributed by atoms with Gasteiger partial charge in [0.15, 0.2) is 0 Å². The molecular weight excluding hydrogens is 380 g/mol. The molecule has 1 aromatic carbocycles. The van der Waals surface area contributed by atoms with Gasteiger partial charge in [0.05, 0.1) is 23.2 Å². The second kappa shape index (κ2) is 7.81. The van der Waals surface area contributed by atoms with Gasteiger partial charge in [-0.3, -0.25) is 14.5 Å². The Hall–Kier alpha value is -3.20. The molecule has 0 spiro atoms. The summed E-state index contributed by atoms with van der Waals surface area (Å²) in [6.45, 7) is 3.78. The van der Waals surface area contributed by atoms with Crippen molar-refractivity contribution in [3.8, 4) is 0 Å². The van der Waals surface area contributed by atoms with Gasteiger partial charge in [-0.2, -0.15) is 0 Å². The Labute approximate surface area is 165 Å². The molecule has 0 radical (unpaired) electrons. The third-order valence-corrected chi connectivity index (χ3v) is 5.47. The number of benzene rings is 1. The van der Waals surface area contributed by atoms with Crippen molar-refractivity contribution in [1.82, 2.24) is 9.55 Å². The molecule has 9 heteroatoms. The number of thiophene rings is 1. The molecule has 28 heavy (non-hydrogen) atoms. The van der Waals surface area contributed by atoms with Crippen LogP contribution in [0.2, 0.25) is 0 Å². The fourth-order valence-electron chi connectivity index (χ4n) is 2.71. The van der Waals surface area contributed by atoms with Crippen LogP contribution >= 0.6 is 11.3 Å². The number of carbonyl (C=O) groups is 2. The average molecular weight is 400 g/mol. The first-order chi connectivity index (χ1) is 13.3. The number of nitrogens with one attached hydrogen (secondary N) is 1. The number of nitrogens with zero attached hydrogens (tertiary/aromatic N) is 3. The number of ether oxygens (including phenoxy) is 1. The predicted molar refractivity (Wildman–Crippen MR) is 109 cm³/mol. The molecule has 0 bridgehead atoms. The third kappa shape index (κ3) is 3.61. The van der Waals surface area contributed by atoms with Gasteiger partial charge in [-0.25, -0.2) is 9.78 Å². The van der Waals surface area contributed by atoms with E-state index >= 15 is 0 Å². The van der Waals surface area contributed by atoms with E-state index < -0.39 is 6.09 Å². The number of anilines is 2. The van der Waals surface area contributed by atoms with Crippen LogP contribution in [-0.2, 0) is 11.8 Å². The van der Waals surface area contributed by atoms with Crippen LogP contribution < -0.4 is 15.8 Å². The Morgan fingerprint density at radius 1 is 1.29 bits per heavy atom. The zero-order chi connectivity index (χ0) is 20.4. The summed E-state index contributed by atoms with van der Waals surface area (Å²) in [5.41, 5.74) is 1.65. The number of rotatable bonds is 4. The second-order valence-electron chi connectivity index (χ2n) is 6.16. The largest absolute Gasteiger partial charge is 0.449 e. The molecule has 0 saturated carbocycles. The highest BCUT2D eigenvalue weighted by Gasteiger charge is 2.19. The first kappa shape index (κ1) is 19.6. The van der Waals surface area contributed by atoms with E-state index in [9.17, 15) is 14.4 Å². The summed E-state index contributed by atoms with van der Waals surface area (Å²) >= 11 is 1.19. The Morgan fingerprint density at radius 2 is 1.96 bits per heavy atom. The molecule has 0 aliphatic carbocycles. The Bertz CT molecular complexity index is 1100. The number of aryl methyl sites for hydroxylation is 2. The molecule has 8 nitrogen and oxygen atoms in total. The molecule has 146 valence electrons. The maximum atomic E-state index is 12.7. The summed E-state index contributed by atoms with van der Waals surface area (Å²) < 4.78 is 6.35. The fourth-order valence-corrected chi connectivity index (χ4v) is 3.74. The van der Waals surface area contributed by atoms with E-state index in [0.717, 1.165) is 0 Å². The topological polar surface area (TPSA) is 93.5 Å². The van der Waals surface area contributed by atoms with Crippen molar-refractivity contribution in [2.24, 2.45) is 7.05 Å². The monoisotopic (exact) mass is 400 g/mol. The highest BCUT2D eigenvalue weighted by molar-refractivity contribution is 7.20. The van der Waals surface area contributed by atoms with Gasteiger partial charge in [-0.15, -0.1) is 11.3 Å². The van der Waals surface area contributed by atoms with Gasteiger partial charge < -0.3 is 14.6 Å². The summed E-state index contributed by atoms with van der Waals surface area (Å²) in [7, 11) is 3.24. The van der Waals surface area contributed by atoms with Crippen molar-refractivity contribution in [2.45, 2.75) is 13.8 Å². The normalized spacial score (nSPS) is 10.7. The van der Waals surface area contributed by atoms with Crippen LogP contribution in [0.5, 0.6) is 0 Å². The van der Waals surface area contributed by atoms with Crippen LogP contribution in [0.3, 0.4) is 0 Å². The molecule has 0 saturated heterocycles.